The van der Waals surface area contributed by atoms with Crippen LogP contribution >= 0.6 is 0 Å². The smallest absolute Gasteiger partial charge is 0.329 e. The molecule has 262 valence electrons. The SMILES string of the molecule is COc1cc(CC(=O)Nc2ccc3c(F)c(N4CC(=O)NS4(=O)=O)c(O)cc3c2)ccc1-c1ccc2c(c1)n(C)c(=O)n2C1CCC(=O)NC1=O. The number of halogens is 1. The second kappa shape index (κ2) is 12.3. The second-order valence-corrected chi connectivity index (χ2v) is 13.8. The minimum absolute atomic E-state index is 0.0403. The number of anilines is 2. The Morgan fingerprint density at radius 2 is 1.80 bits per heavy atom. The molecule has 3 heterocycles. The van der Waals surface area contributed by atoms with Gasteiger partial charge in [0, 0.05) is 30.1 Å². The molecular weight excluding hydrogens is 687 g/mol. The van der Waals surface area contributed by atoms with Gasteiger partial charge in [-0.1, -0.05) is 18.2 Å². The summed E-state index contributed by atoms with van der Waals surface area (Å²) in [5.74, 6) is -3.48. The van der Waals surface area contributed by atoms with Gasteiger partial charge < -0.3 is 15.2 Å². The van der Waals surface area contributed by atoms with Gasteiger partial charge in [0.1, 0.15) is 29.8 Å². The third-order valence-electron chi connectivity index (χ3n) is 8.94. The molecule has 0 spiro atoms. The van der Waals surface area contributed by atoms with Crippen molar-refractivity contribution in [3.05, 3.63) is 82.5 Å². The fourth-order valence-corrected chi connectivity index (χ4v) is 7.70. The fraction of sp³-hybridized carbons (Fsp3) is 0.206. The zero-order chi connectivity index (χ0) is 36.4. The summed E-state index contributed by atoms with van der Waals surface area (Å²) in [6.07, 6.45) is 0.279. The lowest BCUT2D eigenvalue weighted by molar-refractivity contribution is -0.135. The molecule has 4 amide bonds. The topological polar surface area (TPSA) is 198 Å². The highest BCUT2D eigenvalue weighted by atomic mass is 32.2. The summed E-state index contributed by atoms with van der Waals surface area (Å²) in [4.78, 5) is 62.1. The first-order valence-electron chi connectivity index (χ1n) is 15.6. The summed E-state index contributed by atoms with van der Waals surface area (Å²) in [5.41, 5.74) is 2.34. The van der Waals surface area contributed by atoms with Crippen molar-refractivity contribution in [2.75, 3.05) is 23.3 Å². The molecule has 15 nitrogen and oxygen atoms in total. The summed E-state index contributed by atoms with van der Waals surface area (Å²) in [6.45, 7) is -0.685. The molecule has 2 fully saturated rings. The molecule has 51 heavy (non-hydrogen) atoms. The molecule has 1 aromatic heterocycles. The monoisotopic (exact) mass is 716 g/mol. The Balaban J connectivity index is 1.11. The number of aromatic nitrogens is 2. The Bertz CT molecular complexity index is 2530. The van der Waals surface area contributed by atoms with Gasteiger partial charge in [0.25, 0.3) is 5.91 Å². The van der Waals surface area contributed by atoms with Crippen LogP contribution in [0.25, 0.3) is 32.9 Å². The van der Waals surface area contributed by atoms with Crippen molar-refractivity contribution in [2.24, 2.45) is 7.05 Å². The molecule has 2 aliphatic heterocycles. The highest BCUT2D eigenvalue weighted by Gasteiger charge is 2.38. The van der Waals surface area contributed by atoms with Crippen molar-refractivity contribution < 1.29 is 41.8 Å². The first kappa shape index (κ1) is 33.3. The summed E-state index contributed by atoms with van der Waals surface area (Å²) in [5, 5.41) is 15.7. The second-order valence-electron chi connectivity index (χ2n) is 12.2. The molecule has 2 saturated heterocycles. The first-order valence-corrected chi connectivity index (χ1v) is 17.0. The number of hydrogen-bond donors (Lipinski definition) is 4. The zero-order valence-corrected chi connectivity index (χ0v) is 27.8. The van der Waals surface area contributed by atoms with Gasteiger partial charge in [-0.25, -0.2) is 18.2 Å². The van der Waals surface area contributed by atoms with Crippen molar-refractivity contribution in [2.45, 2.75) is 25.3 Å². The summed E-state index contributed by atoms with van der Waals surface area (Å²) < 4.78 is 50.6. The molecule has 5 aromatic rings. The highest BCUT2D eigenvalue weighted by molar-refractivity contribution is 7.92. The van der Waals surface area contributed by atoms with Crippen LogP contribution in [-0.2, 0) is 42.9 Å². The standard InChI is InChI=1S/C34H29FN6O9S/c1-39-25-14-18(4-8-23(25)41(34(39)47)24-9-10-28(43)37-33(24)46)21-6-3-17(11-27(21)50-2)12-29(44)36-20-5-7-22-19(13-20)15-26(42)32(31(22)35)40-16-30(45)38-51(40,48)49/h3-8,11,13-15,24,42H,9-10,12,16H2,1-2H3,(H,36,44)(H,38,45)(H,37,43,46). The lowest BCUT2D eigenvalue weighted by Gasteiger charge is -2.22. The molecule has 0 bridgehead atoms. The Hall–Kier alpha value is -6.23. The third kappa shape index (κ3) is 5.80. The molecule has 0 radical (unpaired) electrons. The molecule has 4 aromatic carbocycles. The van der Waals surface area contributed by atoms with Crippen LogP contribution in [0, 0.1) is 5.82 Å². The van der Waals surface area contributed by atoms with Crippen molar-refractivity contribution in [3.63, 3.8) is 0 Å². The number of amides is 4. The van der Waals surface area contributed by atoms with Gasteiger partial charge in [0.2, 0.25) is 17.7 Å². The number of hydrogen-bond acceptors (Lipinski definition) is 9. The fourth-order valence-electron chi connectivity index (χ4n) is 6.53. The number of carbonyl (C=O) groups is 4. The number of imidazole rings is 1. The van der Waals surface area contributed by atoms with E-state index in [9.17, 15) is 37.5 Å². The lowest BCUT2D eigenvalue weighted by Crippen LogP contribution is -2.44. The van der Waals surface area contributed by atoms with Gasteiger partial charge in [-0.05, 0) is 65.4 Å². The molecule has 0 saturated carbocycles. The zero-order valence-electron chi connectivity index (χ0n) is 27.0. The van der Waals surface area contributed by atoms with E-state index >= 15 is 4.39 Å². The van der Waals surface area contributed by atoms with Gasteiger partial charge >= 0.3 is 15.9 Å². The quantitative estimate of drug-likeness (QED) is 0.183. The minimum Gasteiger partial charge on any atom is -0.506 e. The van der Waals surface area contributed by atoms with Gasteiger partial charge in [0.15, 0.2) is 5.82 Å². The van der Waals surface area contributed by atoms with Crippen LogP contribution < -0.4 is 30.1 Å². The Kier molecular flexibility index (Phi) is 8.01. The number of piperidine rings is 1. The van der Waals surface area contributed by atoms with E-state index in [1.807, 2.05) is 0 Å². The van der Waals surface area contributed by atoms with E-state index in [1.165, 1.54) is 34.4 Å². The van der Waals surface area contributed by atoms with Crippen molar-refractivity contribution in [1.29, 1.82) is 0 Å². The van der Waals surface area contributed by atoms with Crippen molar-refractivity contribution >= 4 is 67.0 Å². The number of benzene rings is 4. The molecule has 4 N–H and O–H groups in total. The number of imide groups is 1. The molecule has 1 unspecified atom stereocenters. The highest BCUT2D eigenvalue weighted by Crippen LogP contribution is 2.39. The van der Waals surface area contributed by atoms with Gasteiger partial charge in [-0.3, -0.25) is 33.6 Å². The number of nitrogens with zero attached hydrogens (tertiary/aromatic N) is 3. The Morgan fingerprint density at radius 3 is 2.51 bits per heavy atom. The van der Waals surface area contributed by atoms with E-state index in [1.54, 1.807) is 48.2 Å². The van der Waals surface area contributed by atoms with Gasteiger partial charge in [0.05, 0.1) is 24.6 Å². The predicted octanol–water partition coefficient (Wildman–Crippen LogP) is 2.35. The number of phenolic OH excluding ortho intramolecular Hbond substituents is 1. The van der Waals surface area contributed by atoms with Gasteiger partial charge in [-0.15, -0.1) is 0 Å². The average molecular weight is 717 g/mol. The van der Waals surface area contributed by atoms with E-state index in [-0.39, 0.29) is 41.6 Å². The minimum atomic E-state index is -4.37. The van der Waals surface area contributed by atoms with Crippen LogP contribution in [0.3, 0.4) is 0 Å². The third-order valence-corrected chi connectivity index (χ3v) is 10.3. The number of nitrogens with one attached hydrogen (secondary N) is 3. The lowest BCUT2D eigenvalue weighted by atomic mass is 10.00. The van der Waals surface area contributed by atoms with Crippen molar-refractivity contribution in [3.8, 4) is 22.6 Å². The molecule has 0 aliphatic carbocycles. The van der Waals surface area contributed by atoms with E-state index in [0.717, 1.165) is 6.07 Å². The summed E-state index contributed by atoms with van der Waals surface area (Å²) in [6, 6.07) is 15.0. The average Bonchev–Trinajstić information content (AvgIpc) is 3.49. The molecular formula is C34H29FN6O9S. The Labute approximate surface area is 288 Å². The first-order chi connectivity index (χ1) is 24.2. The Morgan fingerprint density at radius 1 is 1.02 bits per heavy atom. The maximum atomic E-state index is 15.4. The number of rotatable bonds is 7. The number of carbonyl (C=O) groups excluding carboxylic acids is 4. The number of ether oxygens (including phenoxy) is 1. The van der Waals surface area contributed by atoms with Crippen LogP contribution in [-0.4, -0.2) is 59.9 Å². The van der Waals surface area contributed by atoms with Crippen LogP contribution in [0.2, 0.25) is 0 Å². The van der Waals surface area contributed by atoms with Crippen molar-refractivity contribution in [1.82, 2.24) is 19.2 Å². The maximum Gasteiger partial charge on any atom is 0.329 e. The van der Waals surface area contributed by atoms with Gasteiger partial charge in [-0.2, -0.15) is 8.42 Å². The number of phenols is 1. The summed E-state index contributed by atoms with van der Waals surface area (Å²) >= 11 is 0. The molecule has 17 heteroatoms. The number of methoxy groups -OCH3 is 1. The predicted molar refractivity (Wildman–Crippen MR) is 183 cm³/mol. The number of aryl methyl sites for hydroxylation is 1. The summed E-state index contributed by atoms with van der Waals surface area (Å²) in [7, 11) is -1.28. The van der Waals surface area contributed by atoms with E-state index in [4.69, 9.17) is 4.74 Å². The largest absolute Gasteiger partial charge is 0.506 e. The van der Waals surface area contributed by atoms with Crippen LogP contribution in [0.5, 0.6) is 11.5 Å². The molecule has 1 atom stereocenters. The van der Waals surface area contributed by atoms with Crippen LogP contribution in [0.1, 0.15) is 24.4 Å². The van der Waals surface area contributed by atoms with E-state index in [0.29, 0.717) is 37.8 Å². The molecule has 2 aliphatic rings. The van der Waals surface area contributed by atoms with E-state index in [2.05, 4.69) is 10.6 Å². The van der Waals surface area contributed by atoms with Crippen LogP contribution in [0.15, 0.2) is 65.5 Å². The van der Waals surface area contributed by atoms with E-state index < -0.39 is 63.5 Å². The normalized spacial score (nSPS) is 17.1. The number of fused-ring (bicyclic) bond motifs is 2. The number of aromatic hydroxyl groups is 1. The molecule has 7 rings (SSSR count). The maximum absolute atomic E-state index is 15.4. The van der Waals surface area contributed by atoms with Crippen LogP contribution in [0.4, 0.5) is 15.8 Å².